The van der Waals surface area contributed by atoms with Gasteiger partial charge in [-0.3, -0.25) is 4.79 Å². The molecule has 2 bridgehead atoms. The van der Waals surface area contributed by atoms with E-state index in [2.05, 4.69) is 4.90 Å². The minimum Gasteiger partial charge on any atom is -0.388 e. The summed E-state index contributed by atoms with van der Waals surface area (Å²) in [5.41, 5.74) is -0.987. The molecule has 1 saturated carbocycles. The Kier molecular flexibility index (Phi) is 2.02. The van der Waals surface area contributed by atoms with Gasteiger partial charge in [-0.15, -0.1) is 0 Å². The highest BCUT2D eigenvalue weighted by molar-refractivity contribution is 5.86. The number of ketones is 1. The summed E-state index contributed by atoms with van der Waals surface area (Å²) in [7, 11) is 2.00. The standard InChI is InChI=1S/C11H19NO2/c1-10-4-5-12(3)8(6-9(10)13)11(2,14)7-10/h8,14H,4-7H2,1-3H3/t8-,10-,11+/m0/s1. The highest BCUT2D eigenvalue weighted by atomic mass is 16.3. The largest absolute Gasteiger partial charge is 0.388 e. The second-order valence-corrected chi connectivity index (χ2v) is 5.47. The van der Waals surface area contributed by atoms with E-state index in [1.165, 1.54) is 0 Å². The molecule has 3 rings (SSSR count). The van der Waals surface area contributed by atoms with Crippen LogP contribution in [0.1, 0.15) is 33.1 Å². The highest BCUT2D eigenvalue weighted by Crippen LogP contribution is 2.45. The van der Waals surface area contributed by atoms with E-state index in [0.717, 1.165) is 13.0 Å². The summed E-state index contributed by atoms with van der Waals surface area (Å²) in [6, 6.07) is 0.0191. The van der Waals surface area contributed by atoms with Crippen molar-refractivity contribution in [2.75, 3.05) is 13.6 Å². The van der Waals surface area contributed by atoms with E-state index in [1.54, 1.807) is 0 Å². The first-order valence-electron chi connectivity index (χ1n) is 5.31. The summed E-state index contributed by atoms with van der Waals surface area (Å²) in [4.78, 5) is 14.0. The lowest BCUT2D eigenvalue weighted by Crippen LogP contribution is -2.55. The van der Waals surface area contributed by atoms with E-state index in [-0.39, 0.29) is 11.5 Å². The number of hydrogen-bond acceptors (Lipinski definition) is 3. The Labute approximate surface area is 85.1 Å². The molecule has 0 unspecified atom stereocenters. The fourth-order valence-electron chi connectivity index (χ4n) is 3.09. The van der Waals surface area contributed by atoms with Crippen molar-refractivity contribution >= 4 is 5.78 Å². The van der Waals surface area contributed by atoms with Crippen LogP contribution in [0.3, 0.4) is 0 Å². The lowest BCUT2D eigenvalue weighted by atomic mass is 9.66. The Morgan fingerprint density at radius 2 is 2.14 bits per heavy atom. The van der Waals surface area contributed by atoms with E-state index in [4.69, 9.17) is 0 Å². The van der Waals surface area contributed by atoms with Gasteiger partial charge in [-0.25, -0.2) is 0 Å². The minimum absolute atomic E-state index is 0.0191. The summed E-state index contributed by atoms with van der Waals surface area (Å²) in [6.07, 6.45) is 2.02. The van der Waals surface area contributed by atoms with Gasteiger partial charge in [-0.2, -0.15) is 0 Å². The third-order valence-corrected chi connectivity index (χ3v) is 4.07. The first-order chi connectivity index (χ1) is 6.35. The molecular weight excluding hydrogens is 178 g/mol. The lowest BCUT2D eigenvalue weighted by Gasteiger charge is -2.43. The maximum absolute atomic E-state index is 11.9. The second kappa shape index (κ2) is 2.80. The van der Waals surface area contributed by atoms with Crippen LogP contribution in [0.5, 0.6) is 0 Å². The van der Waals surface area contributed by atoms with Gasteiger partial charge in [0.1, 0.15) is 5.78 Å². The number of fused-ring (bicyclic) bond motifs is 4. The number of nitrogens with zero attached hydrogens (tertiary/aromatic N) is 1. The van der Waals surface area contributed by atoms with E-state index >= 15 is 0 Å². The van der Waals surface area contributed by atoms with Crippen LogP contribution in [0.25, 0.3) is 0 Å². The first-order valence-corrected chi connectivity index (χ1v) is 5.31. The Morgan fingerprint density at radius 1 is 1.50 bits per heavy atom. The SMILES string of the molecule is CN1CC[C@@]2(C)C[C@@](C)(O)[C@@H]1CC2=O. The number of carbonyl (C=O) groups is 1. The molecule has 14 heavy (non-hydrogen) atoms. The molecule has 0 radical (unpaired) electrons. The van der Waals surface area contributed by atoms with E-state index in [0.29, 0.717) is 18.6 Å². The molecule has 0 aromatic rings. The van der Waals surface area contributed by atoms with Crippen LogP contribution in [0, 0.1) is 5.41 Å². The molecule has 3 nitrogen and oxygen atoms in total. The molecule has 0 amide bonds. The molecule has 2 saturated heterocycles. The van der Waals surface area contributed by atoms with E-state index in [1.807, 2.05) is 20.9 Å². The third kappa shape index (κ3) is 1.30. The zero-order valence-electron chi connectivity index (χ0n) is 9.21. The molecule has 80 valence electrons. The molecule has 2 aliphatic heterocycles. The Hall–Kier alpha value is -0.410. The summed E-state index contributed by atoms with van der Waals surface area (Å²) < 4.78 is 0. The van der Waals surface area contributed by atoms with Crippen molar-refractivity contribution in [3.8, 4) is 0 Å². The summed E-state index contributed by atoms with van der Waals surface area (Å²) >= 11 is 0. The van der Waals surface area contributed by atoms with Crippen LogP contribution in [0.2, 0.25) is 0 Å². The van der Waals surface area contributed by atoms with Gasteiger partial charge in [0.2, 0.25) is 0 Å². The molecule has 3 heteroatoms. The average molecular weight is 197 g/mol. The number of hydrogen-bond donors (Lipinski definition) is 1. The molecule has 3 aliphatic rings. The Bertz CT molecular complexity index is 274. The van der Waals surface area contributed by atoms with Crippen molar-refractivity contribution in [3.05, 3.63) is 0 Å². The monoisotopic (exact) mass is 197 g/mol. The highest BCUT2D eigenvalue weighted by Gasteiger charge is 2.53. The number of likely N-dealkylation sites (N-methyl/N-ethyl adjacent to an activating group) is 1. The summed E-state index contributed by atoms with van der Waals surface area (Å²) in [5, 5.41) is 10.3. The fourth-order valence-corrected chi connectivity index (χ4v) is 3.09. The van der Waals surface area contributed by atoms with Crippen molar-refractivity contribution in [2.24, 2.45) is 5.41 Å². The van der Waals surface area contributed by atoms with Gasteiger partial charge in [0.05, 0.1) is 5.60 Å². The van der Waals surface area contributed by atoms with Gasteiger partial charge in [0, 0.05) is 17.9 Å². The topological polar surface area (TPSA) is 40.5 Å². The van der Waals surface area contributed by atoms with Crippen LogP contribution in [-0.2, 0) is 4.79 Å². The first kappa shape index (κ1) is 10.1. The van der Waals surface area contributed by atoms with Crippen molar-refractivity contribution < 1.29 is 9.90 Å². The Morgan fingerprint density at radius 3 is 2.79 bits per heavy atom. The van der Waals surface area contributed by atoms with Gasteiger partial charge in [0.15, 0.2) is 0 Å². The van der Waals surface area contributed by atoms with Crippen molar-refractivity contribution in [2.45, 2.75) is 44.8 Å². The molecule has 0 spiro atoms. The van der Waals surface area contributed by atoms with Gasteiger partial charge in [-0.1, -0.05) is 6.92 Å². The Balaban J connectivity index is 2.40. The van der Waals surface area contributed by atoms with E-state index < -0.39 is 5.60 Å². The maximum atomic E-state index is 11.9. The molecule has 3 fully saturated rings. The van der Waals surface area contributed by atoms with Crippen molar-refractivity contribution in [3.63, 3.8) is 0 Å². The van der Waals surface area contributed by atoms with Crippen LogP contribution in [0.15, 0.2) is 0 Å². The van der Waals surface area contributed by atoms with Crippen molar-refractivity contribution in [1.82, 2.24) is 4.90 Å². The molecule has 0 aromatic heterocycles. The second-order valence-electron chi connectivity index (χ2n) is 5.47. The third-order valence-electron chi connectivity index (χ3n) is 4.07. The minimum atomic E-state index is -0.700. The smallest absolute Gasteiger partial charge is 0.140 e. The summed E-state index contributed by atoms with van der Waals surface area (Å²) in [6.45, 7) is 4.78. The quantitative estimate of drug-likeness (QED) is 0.625. The number of Topliss-reactive ketones (excluding diaryl/α,β-unsaturated/α-hetero) is 1. The molecule has 1 aliphatic carbocycles. The number of aliphatic hydroxyl groups is 1. The molecule has 1 N–H and O–H groups in total. The molecule has 3 atom stereocenters. The average Bonchev–Trinajstić information content (AvgIpc) is 2.20. The fraction of sp³-hybridized carbons (Fsp3) is 0.909. The number of carbonyl (C=O) groups excluding carboxylic acids is 1. The zero-order valence-corrected chi connectivity index (χ0v) is 9.21. The van der Waals surface area contributed by atoms with Gasteiger partial charge in [-0.05, 0) is 33.4 Å². The number of rotatable bonds is 0. The van der Waals surface area contributed by atoms with Gasteiger partial charge < -0.3 is 10.0 Å². The zero-order chi connectivity index (χ0) is 10.6. The van der Waals surface area contributed by atoms with Crippen LogP contribution in [-0.4, -0.2) is 41.0 Å². The molecule has 2 heterocycles. The predicted octanol–water partition coefficient (Wildman–Crippen LogP) is 0.811. The molecular formula is C11H19NO2. The van der Waals surface area contributed by atoms with Crippen LogP contribution >= 0.6 is 0 Å². The normalized spacial score (nSPS) is 49.4. The molecule has 0 aromatic carbocycles. The lowest BCUT2D eigenvalue weighted by molar-refractivity contribution is -0.142. The predicted molar refractivity (Wildman–Crippen MR) is 54.0 cm³/mol. The summed E-state index contributed by atoms with van der Waals surface area (Å²) in [5.74, 6) is 0.332. The van der Waals surface area contributed by atoms with Crippen LogP contribution < -0.4 is 0 Å². The van der Waals surface area contributed by atoms with Crippen LogP contribution in [0.4, 0.5) is 0 Å². The van der Waals surface area contributed by atoms with Gasteiger partial charge in [0.25, 0.3) is 0 Å². The van der Waals surface area contributed by atoms with Gasteiger partial charge >= 0.3 is 0 Å². The van der Waals surface area contributed by atoms with E-state index in [9.17, 15) is 9.90 Å². The maximum Gasteiger partial charge on any atom is 0.140 e. The van der Waals surface area contributed by atoms with Crippen molar-refractivity contribution in [1.29, 1.82) is 0 Å².